The fourth-order valence-electron chi connectivity index (χ4n) is 3.97. The number of carbonyl (C=O) groups excluding carboxylic acids is 1. The standard InChI is InChI=1S/C22H22F4N4O5S/c1-36(32,33)29-21(31)13-2-5-30(6-3-13)20-18(15-8-14-4-7-35-19(14)17(23)9-15)27-10-16(28-20)11-34-12-22(24,25)26/h4,7-10,13H,2-3,5-6,11-12H2,1H3,(H,29,31). The van der Waals surface area contributed by atoms with E-state index >= 15 is 0 Å². The third-order valence-corrected chi connectivity index (χ3v) is 6.12. The number of fused-ring (bicyclic) bond motifs is 1. The highest BCUT2D eigenvalue weighted by Crippen LogP contribution is 2.34. The van der Waals surface area contributed by atoms with Gasteiger partial charge in [0.05, 0.1) is 31.0 Å². The van der Waals surface area contributed by atoms with Gasteiger partial charge in [-0.2, -0.15) is 13.2 Å². The van der Waals surface area contributed by atoms with E-state index in [2.05, 4.69) is 9.97 Å². The van der Waals surface area contributed by atoms with E-state index in [1.54, 1.807) is 17.0 Å². The van der Waals surface area contributed by atoms with Gasteiger partial charge in [-0.15, -0.1) is 0 Å². The maximum absolute atomic E-state index is 14.6. The van der Waals surface area contributed by atoms with Gasteiger partial charge in [0.2, 0.25) is 15.9 Å². The second-order valence-electron chi connectivity index (χ2n) is 8.44. The van der Waals surface area contributed by atoms with Crippen molar-refractivity contribution in [2.24, 2.45) is 5.92 Å². The third-order valence-electron chi connectivity index (χ3n) is 5.55. The molecule has 1 saturated heterocycles. The Bertz CT molecular complexity index is 1370. The van der Waals surface area contributed by atoms with Crippen LogP contribution in [0.4, 0.5) is 23.4 Å². The van der Waals surface area contributed by atoms with Gasteiger partial charge in [-0.1, -0.05) is 0 Å². The fourth-order valence-corrected chi connectivity index (χ4v) is 4.51. The SMILES string of the molecule is CS(=O)(=O)NC(=O)C1CCN(c2nc(COCC(F)(F)F)cnc2-c2cc(F)c3occc3c2)CC1. The Morgan fingerprint density at radius 1 is 1.28 bits per heavy atom. The minimum atomic E-state index is -4.50. The van der Waals surface area contributed by atoms with E-state index in [0.717, 1.165) is 6.26 Å². The molecular formula is C22H22F4N4O5S. The second-order valence-corrected chi connectivity index (χ2v) is 10.2. The lowest BCUT2D eigenvalue weighted by atomic mass is 9.96. The molecule has 0 spiro atoms. The lowest BCUT2D eigenvalue weighted by Crippen LogP contribution is -2.42. The first-order valence-electron chi connectivity index (χ1n) is 10.8. The van der Waals surface area contributed by atoms with Crippen molar-refractivity contribution in [3.05, 3.63) is 42.2 Å². The van der Waals surface area contributed by atoms with Gasteiger partial charge in [-0.3, -0.25) is 14.5 Å². The summed E-state index contributed by atoms with van der Waals surface area (Å²) in [6.45, 7) is -1.32. The topological polar surface area (TPSA) is 115 Å². The molecule has 14 heteroatoms. The van der Waals surface area contributed by atoms with Crippen LogP contribution in [-0.4, -0.2) is 56.4 Å². The number of rotatable bonds is 7. The quantitative estimate of drug-likeness (QED) is 0.463. The molecule has 0 radical (unpaired) electrons. The number of halogens is 4. The lowest BCUT2D eigenvalue weighted by molar-refractivity contribution is -0.176. The first-order chi connectivity index (χ1) is 16.9. The fraction of sp³-hybridized carbons (Fsp3) is 0.409. The average Bonchev–Trinajstić information content (AvgIpc) is 3.26. The van der Waals surface area contributed by atoms with Gasteiger partial charge in [0.15, 0.2) is 17.2 Å². The molecule has 0 unspecified atom stereocenters. The molecule has 3 heterocycles. The van der Waals surface area contributed by atoms with Crippen molar-refractivity contribution in [1.29, 1.82) is 0 Å². The number of aromatic nitrogens is 2. The number of piperidine rings is 1. The van der Waals surface area contributed by atoms with Crippen molar-refractivity contribution >= 4 is 32.7 Å². The van der Waals surface area contributed by atoms with E-state index < -0.39 is 47.1 Å². The van der Waals surface area contributed by atoms with Crippen LogP contribution in [0, 0.1) is 11.7 Å². The number of alkyl halides is 3. The molecule has 194 valence electrons. The van der Waals surface area contributed by atoms with Gasteiger partial charge in [0.25, 0.3) is 0 Å². The van der Waals surface area contributed by atoms with Crippen molar-refractivity contribution in [2.45, 2.75) is 25.6 Å². The Kier molecular flexibility index (Phi) is 7.18. The molecule has 1 aliphatic rings. The Labute approximate surface area is 203 Å². The van der Waals surface area contributed by atoms with Crippen molar-refractivity contribution in [3.63, 3.8) is 0 Å². The highest BCUT2D eigenvalue weighted by molar-refractivity contribution is 7.89. The number of furan rings is 1. The molecule has 3 aromatic rings. The summed E-state index contributed by atoms with van der Waals surface area (Å²) in [5.74, 6) is -1.49. The molecule has 1 aromatic carbocycles. The number of carbonyl (C=O) groups is 1. The highest BCUT2D eigenvalue weighted by Gasteiger charge is 2.30. The number of ether oxygens (including phenoxy) is 1. The van der Waals surface area contributed by atoms with E-state index in [1.165, 1.54) is 18.5 Å². The van der Waals surface area contributed by atoms with Gasteiger partial charge in [0.1, 0.15) is 12.3 Å². The van der Waals surface area contributed by atoms with Crippen molar-refractivity contribution in [3.8, 4) is 11.3 Å². The monoisotopic (exact) mass is 530 g/mol. The second kappa shape index (κ2) is 10.0. The molecule has 0 atom stereocenters. The smallest absolute Gasteiger partial charge is 0.411 e. The number of sulfonamides is 1. The van der Waals surface area contributed by atoms with Crippen LogP contribution in [0.15, 0.2) is 35.1 Å². The minimum Gasteiger partial charge on any atom is -0.461 e. The number of benzene rings is 1. The van der Waals surface area contributed by atoms with Gasteiger partial charge < -0.3 is 14.1 Å². The van der Waals surface area contributed by atoms with E-state index in [-0.39, 0.29) is 35.9 Å². The van der Waals surface area contributed by atoms with Crippen LogP contribution in [0.25, 0.3) is 22.2 Å². The normalized spacial score (nSPS) is 15.4. The summed E-state index contributed by atoms with van der Waals surface area (Å²) < 4.78 is 86.6. The van der Waals surface area contributed by atoms with Gasteiger partial charge in [-0.05, 0) is 31.0 Å². The number of hydrogen-bond acceptors (Lipinski definition) is 8. The summed E-state index contributed by atoms with van der Waals surface area (Å²) in [5, 5.41) is 0.492. The van der Waals surface area contributed by atoms with E-state index in [4.69, 9.17) is 9.15 Å². The Balaban J connectivity index is 1.62. The number of nitrogens with one attached hydrogen (secondary N) is 1. The first-order valence-corrected chi connectivity index (χ1v) is 12.7. The van der Waals surface area contributed by atoms with Crippen molar-refractivity contribution in [2.75, 3.05) is 30.9 Å². The Morgan fingerprint density at radius 3 is 2.67 bits per heavy atom. The molecule has 4 rings (SSSR count). The maximum Gasteiger partial charge on any atom is 0.411 e. The van der Waals surface area contributed by atoms with Crippen LogP contribution < -0.4 is 9.62 Å². The lowest BCUT2D eigenvalue weighted by Gasteiger charge is -2.33. The van der Waals surface area contributed by atoms with Gasteiger partial charge in [-0.25, -0.2) is 17.8 Å². The predicted octanol–water partition coefficient (Wildman–Crippen LogP) is 3.40. The van der Waals surface area contributed by atoms with E-state index in [1.807, 2.05) is 4.72 Å². The Hall–Kier alpha value is -3.26. The van der Waals surface area contributed by atoms with Crippen LogP contribution in [0.5, 0.6) is 0 Å². The van der Waals surface area contributed by atoms with Crippen LogP contribution in [0.3, 0.4) is 0 Å². The zero-order valence-corrected chi connectivity index (χ0v) is 19.8. The summed E-state index contributed by atoms with van der Waals surface area (Å²) in [7, 11) is -3.70. The first kappa shape index (κ1) is 25.8. The van der Waals surface area contributed by atoms with Crippen LogP contribution in [0.2, 0.25) is 0 Å². The van der Waals surface area contributed by atoms with Gasteiger partial charge in [0, 0.05) is 30.0 Å². The minimum absolute atomic E-state index is 0.0723. The highest BCUT2D eigenvalue weighted by atomic mass is 32.2. The molecule has 1 N–H and O–H groups in total. The molecule has 1 aliphatic heterocycles. The molecule has 0 bridgehead atoms. The zero-order chi connectivity index (χ0) is 26.1. The van der Waals surface area contributed by atoms with Gasteiger partial charge >= 0.3 is 6.18 Å². The maximum atomic E-state index is 14.6. The number of hydrogen-bond donors (Lipinski definition) is 1. The molecule has 2 aromatic heterocycles. The van der Waals surface area contributed by atoms with Crippen LogP contribution >= 0.6 is 0 Å². The van der Waals surface area contributed by atoms with Crippen LogP contribution in [0.1, 0.15) is 18.5 Å². The van der Waals surface area contributed by atoms with Crippen molar-refractivity contribution < 1.29 is 39.9 Å². The summed E-state index contributed by atoms with van der Waals surface area (Å²) in [5.41, 5.74) is 0.877. The average molecular weight is 530 g/mol. The predicted molar refractivity (Wildman–Crippen MR) is 121 cm³/mol. The molecule has 0 saturated carbocycles. The molecule has 9 nitrogen and oxygen atoms in total. The summed E-state index contributed by atoms with van der Waals surface area (Å²) in [6.07, 6.45) is -0.401. The number of anilines is 1. The molecule has 1 fully saturated rings. The largest absolute Gasteiger partial charge is 0.461 e. The summed E-state index contributed by atoms with van der Waals surface area (Å²) in [4.78, 5) is 22.8. The molecule has 0 aliphatic carbocycles. The van der Waals surface area contributed by atoms with Crippen LogP contribution in [-0.2, 0) is 26.2 Å². The Morgan fingerprint density at radius 2 is 2.00 bits per heavy atom. The number of amides is 1. The number of nitrogens with zero attached hydrogens (tertiary/aromatic N) is 3. The summed E-state index contributed by atoms with van der Waals surface area (Å²) in [6, 6.07) is 4.47. The summed E-state index contributed by atoms with van der Waals surface area (Å²) >= 11 is 0. The third kappa shape index (κ3) is 6.29. The zero-order valence-electron chi connectivity index (χ0n) is 19.0. The van der Waals surface area contributed by atoms with Crippen molar-refractivity contribution in [1.82, 2.24) is 14.7 Å². The molecule has 36 heavy (non-hydrogen) atoms. The van der Waals surface area contributed by atoms with E-state index in [9.17, 15) is 30.8 Å². The molecule has 1 amide bonds. The van der Waals surface area contributed by atoms with E-state index in [0.29, 0.717) is 23.8 Å². The molecular weight excluding hydrogens is 508 g/mol.